The van der Waals surface area contributed by atoms with Crippen molar-refractivity contribution < 1.29 is 5.11 Å². The lowest BCUT2D eigenvalue weighted by Gasteiger charge is -2.27. The number of nitrogens with one attached hydrogen (secondary N) is 1. The lowest BCUT2D eigenvalue weighted by atomic mass is 10.0. The summed E-state index contributed by atoms with van der Waals surface area (Å²) in [5, 5.41) is 13.3. The molecule has 0 bridgehead atoms. The van der Waals surface area contributed by atoms with Gasteiger partial charge in [0.15, 0.2) is 0 Å². The van der Waals surface area contributed by atoms with Gasteiger partial charge in [0.25, 0.3) is 0 Å². The van der Waals surface area contributed by atoms with Gasteiger partial charge in [0.1, 0.15) is 5.72 Å². The standard InChI is InChI=1S/C10H21NO/c1-2-9-11-10(12)7-5-3-4-6-8-10/h11-12H,2-9H2,1H3. The molecular formula is C10H21NO. The molecule has 1 saturated carbocycles. The molecule has 0 aromatic rings. The Morgan fingerprint density at radius 2 is 1.75 bits per heavy atom. The second-order valence-corrected chi connectivity index (χ2v) is 3.87. The van der Waals surface area contributed by atoms with E-state index in [1.54, 1.807) is 0 Å². The van der Waals surface area contributed by atoms with Crippen LogP contribution in [0.15, 0.2) is 0 Å². The Hall–Kier alpha value is -0.0800. The Kier molecular flexibility index (Phi) is 4.02. The molecule has 72 valence electrons. The maximum Gasteiger partial charge on any atom is 0.116 e. The highest BCUT2D eigenvalue weighted by Crippen LogP contribution is 2.24. The normalized spacial score (nSPS) is 23.5. The molecule has 1 aliphatic rings. The van der Waals surface area contributed by atoms with Crippen LogP contribution in [0.25, 0.3) is 0 Å². The highest BCUT2D eigenvalue weighted by atomic mass is 16.3. The third kappa shape index (κ3) is 3.11. The van der Waals surface area contributed by atoms with E-state index in [1.807, 2.05) is 0 Å². The largest absolute Gasteiger partial charge is 0.376 e. The van der Waals surface area contributed by atoms with E-state index in [0.29, 0.717) is 0 Å². The molecule has 0 heterocycles. The minimum absolute atomic E-state index is 0.535. The first-order valence-electron chi connectivity index (χ1n) is 5.24. The van der Waals surface area contributed by atoms with Crippen molar-refractivity contribution in [1.29, 1.82) is 0 Å². The lowest BCUT2D eigenvalue weighted by molar-refractivity contribution is -0.00865. The minimum Gasteiger partial charge on any atom is -0.376 e. The molecule has 0 aromatic carbocycles. The van der Waals surface area contributed by atoms with Gasteiger partial charge in [0, 0.05) is 0 Å². The Bertz CT molecular complexity index is 117. The van der Waals surface area contributed by atoms with Crippen molar-refractivity contribution >= 4 is 0 Å². The molecule has 2 nitrogen and oxygen atoms in total. The average Bonchev–Trinajstić information content (AvgIpc) is 2.27. The van der Waals surface area contributed by atoms with Crippen LogP contribution in [0.5, 0.6) is 0 Å². The van der Waals surface area contributed by atoms with Crippen LogP contribution in [-0.4, -0.2) is 17.4 Å². The van der Waals surface area contributed by atoms with Crippen LogP contribution in [0.3, 0.4) is 0 Å². The van der Waals surface area contributed by atoms with Crippen LogP contribution in [0.4, 0.5) is 0 Å². The third-order valence-corrected chi connectivity index (χ3v) is 2.63. The molecule has 0 aromatic heterocycles. The zero-order valence-electron chi connectivity index (χ0n) is 8.10. The molecule has 0 radical (unpaired) electrons. The molecule has 1 fully saturated rings. The van der Waals surface area contributed by atoms with Gasteiger partial charge in [0.05, 0.1) is 0 Å². The van der Waals surface area contributed by atoms with Gasteiger partial charge in [-0.1, -0.05) is 19.8 Å². The number of hydrogen-bond donors (Lipinski definition) is 2. The first-order chi connectivity index (χ1) is 5.77. The van der Waals surface area contributed by atoms with Crippen LogP contribution in [-0.2, 0) is 0 Å². The predicted octanol–water partition coefficient (Wildman–Crippen LogP) is 2.03. The second kappa shape index (κ2) is 4.83. The van der Waals surface area contributed by atoms with Gasteiger partial charge in [-0.2, -0.15) is 0 Å². The van der Waals surface area contributed by atoms with Gasteiger partial charge in [0.2, 0.25) is 0 Å². The molecule has 0 unspecified atom stereocenters. The summed E-state index contributed by atoms with van der Waals surface area (Å²) in [7, 11) is 0. The quantitative estimate of drug-likeness (QED) is 0.503. The van der Waals surface area contributed by atoms with E-state index in [2.05, 4.69) is 12.2 Å². The van der Waals surface area contributed by atoms with Gasteiger partial charge in [-0.15, -0.1) is 0 Å². The molecule has 2 heteroatoms. The molecule has 1 aliphatic carbocycles. The van der Waals surface area contributed by atoms with E-state index >= 15 is 0 Å². The Morgan fingerprint density at radius 3 is 2.25 bits per heavy atom. The summed E-state index contributed by atoms with van der Waals surface area (Å²) in [6, 6.07) is 0. The summed E-state index contributed by atoms with van der Waals surface area (Å²) >= 11 is 0. The van der Waals surface area contributed by atoms with Crippen molar-refractivity contribution in [3.05, 3.63) is 0 Å². The maximum atomic E-state index is 10.1. The van der Waals surface area contributed by atoms with Crippen molar-refractivity contribution in [1.82, 2.24) is 5.32 Å². The average molecular weight is 171 g/mol. The first kappa shape index (κ1) is 10.0. The molecular weight excluding hydrogens is 150 g/mol. The van der Waals surface area contributed by atoms with E-state index in [9.17, 15) is 5.11 Å². The summed E-state index contributed by atoms with van der Waals surface area (Å²) in [4.78, 5) is 0. The topological polar surface area (TPSA) is 32.3 Å². The first-order valence-corrected chi connectivity index (χ1v) is 5.24. The molecule has 0 saturated heterocycles. The summed E-state index contributed by atoms with van der Waals surface area (Å²) in [5.74, 6) is 0. The van der Waals surface area contributed by atoms with Crippen molar-refractivity contribution in [2.75, 3.05) is 6.54 Å². The van der Waals surface area contributed by atoms with Crippen LogP contribution < -0.4 is 5.32 Å². The number of hydrogen-bond acceptors (Lipinski definition) is 2. The molecule has 0 aliphatic heterocycles. The third-order valence-electron chi connectivity index (χ3n) is 2.63. The van der Waals surface area contributed by atoms with Gasteiger partial charge in [-0.05, 0) is 38.6 Å². The van der Waals surface area contributed by atoms with Crippen molar-refractivity contribution in [3.63, 3.8) is 0 Å². The van der Waals surface area contributed by atoms with E-state index in [0.717, 1.165) is 25.8 Å². The van der Waals surface area contributed by atoms with Crippen molar-refractivity contribution in [3.8, 4) is 0 Å². The van der Waals surface area contributed by atoms with Crippen LogP contribution in [0, 0.1) is 0 Å². The number of aliphatic hydroxyl groups is 1. The second-order valence-electron chi connectivity index (χ2n) is 3.87. The zero-order chi connectivity index (χ0) is 8.86. The fourth-order valence-electron chi connectivity index (χ4n) is 1.85. The minimum atomic E-state index is -0.535. The Labute approximate surface area is 75.4 Å². The number of rotatable bonds is 3. The van der Waals surface area contributed by atoms with Gasteiger partial charge in [-0.3, -0.25) is 5.32 Å². The molecule has 1 rings (SSSR count). The van der Waals surface area contributed by atoms with Crippen LogP contribution in [0.2, 0.25) is 0 Å². The molecule has 0 spiro atoms. The highest BCUT2D eigenvalue weighted by molar-refractivity contribution is 4.77. The van der Waals surface area contributed by atoms with Gasteiger partial charge >= 0.3 is 0 Å². The Balaban J connectivity index is 2.32. The SMILES string of the molecule is CCCNC1(O)CCCCCC1. The smallest absolute Gasteiger partial charge is 0.116 e. The maximum absolute atomic E-state index is 10.1. The summed E-state index contributed by atoms with van der Waals surface area (Å²) in [6.07, 6.45) is 7.90. The van der Waals surface area contributed by atoms with E-state index in [1.165, 1.54) is 25.7 Å². The van der Waals surface area contributed by atoms with Crippen molar-refractivity contribution in [2.45, 2.75) is 57.6 Å². The molecule has 12 heavy (non-hydrogen) atoms. The molecule has 0 amide bonds. The zero-order valence-corrected chi connectivity index (χ0v) is 8.10. The van der Waals surface area contributed by atoms with Crippen LogP contribution in [0.1, 0.15) is 51.9 Å². The Morgan fingerprint density at radius 1 is 1.17 bits per heavy atom. The summed E-state index contributed by atoms with van der Waals surface area (Å²) in [6.45, 7) is 3.07. The fourth-order valence-corrected chi connectivity index (χ4v) is 1.85. The van der Waals surface area contributed by atoms with E-state index in [-0.39, 0.29) is 0 Å². The van der Waals surface area contributed by atoms with Crippen molar-refractivity contribution in [2.24, 2.45) is 0 Å². The van der Waals surface area contributed by atoms with E-state index in [4.69, 9.17) is 0 Å². The summed E-state index contributed by atoms with van der Waals surface area (Å²) in [5.41, 5.74) is -0.535. The highest BCUT2D eigenvalue weighted by Gasteiger charge is 2.26. The predicted molar refractivity (Wildman–Crippen MR) is 50.9 cm³/mol. The molecule has 2 N–H and O–H groups in total. The van der Waals surface area contributed by atoms with Crippen LogP contribution >= 0.6 is 0 Å². The van der Waals surface area contributed by atoms with E-state index < -0.39 is 5.72 Å². The van der Waals surface area contributed by atoms with Gasteiger partial charge < -0.3 is 5.11 Å². The monoisotopic (exact) mass is 171 g/mol. The molecule has 0 atom stereocenters. The lowest BCUT2D eigenvalue weighted by Crippen LogP contribution is -2.44. The van der Waals surface area contributed by atoms with Gasteiger partial charge in [-0.25, -0.2) is 0 Å². The summed E-state index contributed by atoms with van der Waals surface area (Å²) < 4.78 is 0. The fraction of sp³-hybridized carbons (Fsp3) is 1.00.